The summed E-state index contributed by atoms with van der Waals surface area (Å²) in [7, 11) is 0. The van der Waals surface area contributed by atoms with Crippen LogP contribution in [-0.4, -0.2) is 54.0 Å². The van der Waals surface area contributed by atoms with E-state index in [-0.39, 0.29) is 105 Å². The summed E-state index contributed by atoms with van der Waals surface area (Å²) in [6.45, 7) is 0. The molecule has 4 heterocycles. The smallest absolute Gasteiger partial charge is 0.545 e. The van der Waals surface area contributed by atoms with E-state index in [0.717, 1.165) is 22.8 Å². The Balaban J connectivity index is 0. The number of aromatic carboxylic acids is 4. The van der Waals surface area contributed by atoms with Gasteiger partial charge in [0, 0.05) is 24.8 Å². The summed E-state index contributed by atoms with van der Waals surface area (Å²) in [5, 5.41) is 69.9. The fourth-order valence-electron chi connectivity index (χ4n) is 4.35. The topological polar surface area (TPSA) is 344 Å². The third-order valence-electron chi connectivity index (χ3n) is 7.22. The van der Waals surface area contributed by atoms with Gasteiger partial charge >= 0.3 is 82.6 Å². The maximum absolute atomic E-state index is 10.1. The number of carbonyl (C=O) groups excluding carboxylic acids is 4. The number of aromatic nitrogens is 4. The Kier molecular flexibility index (Phi) is 37.4. The normalized spacial score (nSPS) is 8.57. The van der Waals surface area contributed by atoms with Gasteiger partial charge in [0.2, 0.25) is 0 Å². The van der Waals surface area contributed by atoms with Gasteiger partial charge in [-0.1, -0.05) is 146 Å². The molecule has 0 saturated heterocycles. The Labute approximate surface area is 466 Å². The molecule has 22 heteroatoms. The minimum atomic E-state index is -1.75. The van der Waals surface area contributed by atoms with Gasteiger partial charge in [-0.2, -0.15) is 0 Å². The molecule has 4 aromatic carbocycles. The average Bonchev–Trinajstić information content (AvgIpc) is 3.37. The zero-order valence-electron chi connectivity index (χ0n) is 36.3. The van der Waals surface area contributed by atoms with E-state index in [1.807, 2.05) is 72.8 Å². The molecule has 0 fully saturated rings. The molecule has 4 aromatic heterocycles. The number of carboxylic acids is 4. The first-order valence-corrected chi connectivity index (χ1v) is 19.0. The van der Waals surface area contributed by atoms with Gasteiger partial charge in [0.1, 0.15) is 0 Å². The number of carbonyl (C=O) groups is 4. The van der Waals surface area contributed by atoms with Crippen LogP contribution in [0.15, 0.2) is 219 Å². The first-order chi connectivity index (χ1) is 32.6. The summed E-state index contributed by atoms with van der Waals surface area (Å²) in [5.41, 5.74) is 4.54. The van der Waals surface area contributed by atoms with Gasteiger partial charge < -0.3 is 70.2 Å². The molecule has 0 spiro atoms. The molecule has 0 aliphatic heterocycles. The van der Waals surface area contributed by atoms with Gasteiger partial charge in [0.25, 0.3) is 0 Å². The van der Waals surface area contributed by atoms with Crippen LogP contribution in [0.25, 0.3) is 22.8 Å². The van der Waals surface area contributed by atoms with E-state index in [0.29, 0.717) is 0 Å². The molecule has 70 heavy (non-hydrogen) atoms. The van der Waals surface area contributed by atoms with Crippen LogP contribution >= 0.6 is 0 Å². The molecule has 0 unspecified atom stereocenters. The van der Waals surface area contributed by atoms with E-state index in [2.05, 4.69) is 19.9 Å². The Hall–Kier alpha value is -7.51. The first kappa shape index (κ1) is 64.6. The monoisotopic (exact) mass is 1200 g/mol. The SMILES string of the molecule is O=C([O-])c1ccccc1.O=C([O-])c1ccccc1.O=C([O-])c1ccccc1.O=C([O-])c1ccccc1.O=[N+]([O-])[O-].O=[N+]([O-])[O-].[Pr+3].[Pr+3].c1ccc(-c2ccccn2)nc1.c1ccc(-c2ccccn2)nc1. The summed E-state index contributed by atoms with van der Waals surface area (Å²) in [5.74, 6) is -4.52. The number of carboxylic acid groups (broad SMARTS) is 4. The van der Waals surface area contributed by atoms with Crippen molar-refractivity contribution in [1.82, 2.24) is 19.9 Å². The number of nitrogens with zero attached hydrogens (tertiary/aromatic N) is 6. The number of hydrogen-bond donors (Lipinski definition) is 0. The summed E-state index contributed by atoms with van der Waals surface area (Å²) in [6, 6.07) is 55.4. The molecule has 0 aliphatic rings. The maximum Gasteiger partial charge on any atom is 3.00 e. The molecule has 0 aliphatic carbocycles. The zero-order chi connectivity index (χ0) is 50.4. The van der Waals surface area contributed by atoms with Crippen molar-refractivity contribution in [2.45, 2.75) is 0 Å². The van der Waals surface area contributed by atoms with E-state index in [4.69, 9.17) is 30.6 Å². The minimum Gasteiger partial charge on any atom is -0.545 e. The van der Waals surface area contributed by atoms with Crippen LogP contribution in [0.4, 0.5) is 0 Å². The van der Waals surface area contributed by atoms with Crippen LogP contribution in [0, 0.1) is 113 Å². The Morgan fingerprint density at radius 2 is 0.429 bits per heavy atom. The third-order valence-corrected chi connectivity index (χ3v) is 7.22. The summed E-state index contributed by atoms with van der Waals surface area (Å²) in [6.07, 6.45) is 7.07. The van der Waals surface area contributed by atoms with E-state index in [9.17, 15) is 39.6 Å². The molecule has 348 valence electrons. The molecule has 0 amide bonds. The van der Waals surface area contributed by atoms with Crippen molar-refractivity contribution in [3.8, 4) is 22.8 Å². The van der Waals surface area contributed by atoms with Gasteiger partial charge in [0.15, 0.2) is 0 Å². The molecular weight excluding hydrogens is 1170 g/mol. The van der Waals surface area contributed by atoms with Crippen molar-refractivity contribution in [2.24, 2.45) is 0 Å². The zero-order valence-corrected chi connectivity index (χ0v) is 43.7. The molecule has 0 bridgehead atoms. The first-order valence-electron chi connectivity index (χ1n) is 19.0. The molecular formula is C48H36N6O14Pr2. The fourth-order valence-corrected chi connectivity index (χ4v) is 4.35. The number of benzene rings is 4. The second-order valence-electron chi connectivity index (χ2n) is 11.9. The predicted octanol–water partition coefficient (Wildman–Crippen LogP) is 4.01. The van der Waals surface area contributed by atoms with E-state index in [1.165, 1.54) is 48.5 Å². The van der Waals surface area contributed by atoms with Crippen molar-refractivity contribution in [3.63, 3.8) is 0 Å². The van der Waals surface area contributed by atoms with Gasteiger partial charge in [-0.15, -0.1) is 0 Å². The standard InChI is InChI=1S/2C10H8N2.4C7H6O2.2NO3.2Pr/c2*1-3-7-11-9(5-1)10-6-2-4-8-12-10;4*8-7(9)6-4-2-1-3-5-6;2*2-1(3)4;;/h2*1-8H;4*1-5H,(H,8,9);;;;/q;;;;;;2*-1;2*+3/p-4. The van der Waals surface area contributed by atoms with Crippen LogP contribution in [0.2, 0.25) is 0 Å². The molecule has 20 nitrogen and oxygen atoms in total. The van der Waals surface area contributed by atoms with Crippen molar-refractivity contribution in [2.75, 3.05) is 0 Å². The Morgan fingerprint density at radius 1 is 0.286 bits per heavy atom. The summed E-state index contributed by atoms with van der Waals surface area (Å²) < 4.78 is 0. The average molecular weight is 1200 g/mol. The quantitative estimate of drug-likeness (QED) is 0.168. The third kappa shape index (κ3) is 33.0. The molecule has 0 radical (unpaired) electrons. The fraction of sp³-hybridized carbons (Fsp3) is 0. The molecule has 8 aromatic rings. The van der Waals surface area contributed by atoms with Crippen molar-refractivity contribution >= 4 is 23.9 Å². The van der Waals surface area contributed by atoms with Gasteiger partial charge in [-0.25, -0.2) is 0 Å². The minimum absolute atomic E-state index is 0. The van der Waals surface area contributed by atoms with Crippen LogP contribution in [0.5, 0.6) is 0 Å². The van der Waals surface area contributed by atoms with Crippen LogP contribution < -0.4 is 20.4 Å². The number of rotatable bonds is 6. The van der Waals surface area contributed by atoms with E-state index < -0.39 is 34.1 Å². The van der Waals surface area contributed by atoms with Crippen LogP contribution in [-0.2, 0) is 0 Å². The van der Waals surface area contributed by atoms with E-state index in [1.54, 1.807) is 97.6 Å². The maximum atomic E-state index is 10.1. The van der Waals surface area contributed by atoms with Gasteiger partial charge in [-0.3, -0.25) is 19.9 Å². The van der Waals surface area contributed by atoms with Crippen molar-refractivity contribution < 1.29 is 132 Å². The van der Waals surface area contributed by atoms with Crippen molar-refractivity contribution in [1.29, 1.82) is 0 Å². The molecule has 0 N–H and O–H groups in total. The van der Waals surface area contributed by atoms with Gasteiger partial charge in [0.05, 0.1) is 56.8 Å². The molecule has 0 atom stereocenters. The molecule has 8 rings (SSSR count). The summed E-state index contributed by atoms with van der Waals surface area (Å²) >= 11 is 0. The van der Waals surface area contributed by atoms with Crippen molar-refractivity contribution in [3.05, 3.63) is 272 Å². The van der Waals surface area contributed by atoms with Crippen LogP contribution in [0.3, 0.4) is 0 Å². The van der Waals surface area contributed by atoms with E-state index >= 15 is 0 Å². The largest absolute Gasteiger partial charge is 3.00 e. The second-order valence-corrected chi connectivity index (χ2v) is 11.9. The summed E-state index contributed by atoms with van der Waals surface area (Å²) in [4.78, 5) is 73.6. The van der Waals surface area contributed by atoms with Crippen LogP contribution in [0.1, 0.15) is 41.4 Å². The Bertz CT molecular complexity index is 2270. The molecule has 0 saturated carbocycles. The number of hydrogen-bond acceptors (Lipinski definition) is 18. The Morgan fingerprint density at radius 3 is 0.529 bits per heavy atom. The number of pyridine rings is 4. The van der Waals surface area contributed by atoms with Gasteiger partial charge in [-0.05, 0) is 70.8 Å². The predicted molar refractivity (Wildman–Crippen MR) is 239 cm³/mol. The second kappa shape index (κ2) is 40.5.